The van der Waals surface area contributed by atoms with Crippen molar-refractivity contribution in [3.8, 4) is 11.8 Å². The van der Waals surface area contributed by atoms with Crippen LogP contribution >= 0.6 is 0 Å². The second-order valence-corrected chi connectivity index (χ2v) is 8.25. The van der Waals surface area contributed by atoms with Crippen LogP contribution in [0.2, 0.25) is 0 Å². The molecule has 4 aromatic rings. The number of fused-ring (bicyclic) bond motifs is 3. The number of benzene rings is 1. The van der Waals surface area contributed by atoms with Gasteiger partial charge in [-0.25, -0.2) is 35.7 Å². The number of pyridine rings is 1. The smallest absolute Gasteiger partial charge is 0.258 e. The van der Waals surface area contributed by atoms with Gasteiger partial charge in [0.25, 0.3) is 18.6 Å². The van der Waals surface area contributed by atoms with Gasteiger partial charge in [-0.2, -0.15) is 4.98 Å². The Hall–Kier alpha value is -3.88. The second-order valence-electron chi connectivity index (χ2n) is 8.25. The summed E-state index contributed by atoms with van der Waals surface area (Å²) in [5, 5.41) is 7.88. The summed E-state index contributed by atoms with van der Waals surface area (Å²) < 4.78 is 83.8. The summed E-state index contributed by atoms with van der Waals surface area (Å²) in [6, 6.07) is 4.37. The van der Waals surface area contributed by atoms with Gasteiger partial charge in [-0.3, -0.25) is 0 Å². The van der Waals surface area contributed by atoms with E-state index in [4.69, 9.17) is 0 Å². The lowest BCUT2D eigenvalue weighted by Gasteiger charge is -2.25. The van der Waals surface area contributed by atoms with E-state index >= 15 is 0 Å². The Balaban J connectivity index is 1.69. The Morgan fingerprint density at radius 1 is 1.06 bits per heavy atom. The molecule has 1 aliphatic carbocycles. The predicted octanol–water partition coefficient (Wildman–Crippen LogP) is 5.06. The van der Waals surface area contributed by atoms with Crippen molar-refractivity contribution in [1.29, 1.82) is 0 Å². The van der Waals surface area contributed by atoms with Gasteiger partial charge in [-0.05, 0) is 44.0 Å². The number of alkyl halides is 4. The summed E-state index contributed by atoms with van der Waals surface area (Å²) in [5.74, 6) is 3.74. The fourth-order valence-corrected chi connectivity index (χ4v) is 3.79. The molecule has 0 N–H and O–H groups in total. The third-order valence-corrected chi connectivity index (χ3v) is 5.73. The number of halogens is 6. The minimum atomic E-state index is -2.89. The van der Waals surface area contributed by atoms with Crippen LogP contribution in [0.5, 0.6) is 0 Å². The van der Waals surface area contributed by atoms with Gasteiger partial charge in [0.1, 0.15) is 23.3 Å². The average Bonchev–Trinajstić information content (AvgIpc) is 3.52. The highest BCUT2D eigenvalue weighted by Crippen LogP contribution is 2.50. The monoisotopic (exact) mass is 490 g/mol. The van der Waals surface area contributed by atoms with Crippen LogP contribution in [0.4, 0.5) is 37.8 Å². The molecule has 5 rings (SSSR count). The van der Waals surface area contributed by atoms with E-state index in [-0.39, 0.29) is 46.7 Å². The van der Waals surface area contributed by atoms with Crippen molar-refractivity contribution in [2.45, 2.75) is 32.6 Å². The molecule has 1 fully saturated rings. The Labute approximate surface area is 194 Å². The highest BCUT2D eigenvalue weighted by molar-refractivity contribution is 5.91. The molecule has 6 nitrogen and oxygen atoms in total. The van der Waals surface area contributed by atoms with Crippen molar-refractivity contribution in [2.24, 2.45) is 5.41 Å². The molecule has 12 heteroatoms. The number of aromatic nitrogens is 5. The zero-order valence-electron chi connectivity index (χ0n) is 18.1. The van der Waals surface area contributed by atoms with Crippen LogP contribution in [0.25, 0.3) is 16.8 Å². The molecule has 3 aromatic heterocycles. The van der Waals surface area contributed by atoms with E-state index in [1.807, 2.05) is 0 Å². The zero-order chi connectivity index (χ0) is 24.9. The normalized spacial score (nSPS) is 14.5. The molecule has 0 amide bonds. The molecule has 35 heavy (non-hydrogen) atoms. The fraction of sp³-hybridized carbons (Fsp3) is 0.304. The SMILES string of the molecule is Cc1nnc2nc(N(CC(F)F)c3cc(F)cc(C#CC4(C(F)F)CC4)c3)c3cc(F)cnc3n12. The van der Waals surface area contributed by atoms with E-state index in [1.54, 1.807) is 6.92 Å². The van der Waals surface area contributed by atoms with E-state index in [0.717, 1.165) is 29.3 Å². The number of rotatable bonds is 5. The van der Waals surface area contributed by atoms with Crippen molar-refractivity contribution in [2.75, 3.05) is 11.4 Å². The van der Waals surface area contributed by atoms with Gasteiger partial charge in [-0.15, -0.1) is 10.2 Å². The van der Waals surface area contributed by atoms with Gasteiger partial charge in [0.2, 0.25) is 0 Å². The minimum Gasteiger partial charge on any atom is -0.320 e. The zero-order valence-corrected chi connectivity index (χ0v) is 18.1. The number of hydrogen-bond donors (Lipinski definition) is 0. The molecule has 0 radical (unpaired) electrons. The molecule has 180 valence electrons. The van der Waals surface area contributed by atoms with Crippen LogP contribution in [0, 0.1) is 35.8 Å². The molecule has 1 aliphatic rings. The summed E-state index contributed by atoms with van der Waals surface area (Å²) in [4.78, 5) is 9.34. The van der Waals surface area contributed by atoms with E-state index in [9.17, 15) is 26.3 Å². The molecule has 0 spiro atoms. The lowest BCUT2D eigenvalue weighted by molar-refractivity contribution is 0.0921. The van der Waals surface area contributed by atoms with Gasteiger partial charge in [0.15, 0.2) is 5.65 Å². The van der Waals surface area contributed by atoms with Crippen LogP contribution < -0.4 is 4.90 Å². The molecule has 0 saturated heterocycles. The number of anilines is 2. The third-order valence-electron chi connectivity index (χ3n) is 5.73. The Bertz CT molecular complexity index is 1500. The molecular formula is C23H16F6N6. The van der Waals surface area contributed by atoms with Crippen LogP contribution in [0.15, 0.2) is 30.5 Å². The summed E-state index contributed by atoms with van der Waals surface area (Å²) in [6.45, 7) is 0.686. The first-order chi connectivity index (χ1) is 16.7. The van der Waals surface area contributed by atoms with Crippen LogP contribution in [-0.4, -0.2) is 44.0 Å². The second kappa shape index (κ2) is 8.41. The maximum Gasteiger partial charge on any atom is 0.258 e. The molecule has 1 saturated carbocycles. The maximum atomic E-state index is 14.5. The molecule has 0 unspecified atom stereocenters. The minimum absolute atomic E-state index is 0.0207. The van der Waals surface area contributed by atoms with E-state index in [1.165, 1.54) is 10.5 Å². The summed E-state index contributed by atoms with van der Waals surface area (Å²) in [6.07, 6.45) is -4.13. The first kappa shape index (κ1) is 22.9. The average molecular weight is 490 g/mol. The summed E-state index contributed by atoms with van der Waals surface area (Å²) >= 11 is 0. The van der Waals surface area contributed by atoms with Crippen molar-refractivity contribution >= 4 is 28.3 Å². The summed E-state index contributed by atoms with van der Waals surface area (Å²) in [7, 11) is 0. The highest BCUT2D eigenvalue weighted by atomic mass is 19.3. The lowest BCUT2D eigenvalue weighted by Crippen LogP contribution is -2.26. The molecular weight excluding hydrogens is 474 g/mol. The van der Waals surface area contributed by atoms with Crippen LogP contribution in [0.1, 0.15) is 24.2 Å². The van der Waals surface area contributed by atoms with Gasteiger partial charge in [0.05, 0.1) is 23.5 Å². The number of nitrogens with zero attached hydrogens (tertiary/aromatic N) is 6. The van der Waals surface area contributed by atoms with Gasteiger partial charge in [0, 0.05) is 11.3 Å². The molecule has 0 bridgehead atoms. The molecule has 0 atom stereocenters. The van der Waals surface area contributed by atoms with Crippen LogP contribution in [-0.2, 0) is 0 Å². The molecule has 3 heterocycles. The predicted molar refractivity (Wildman–Crippen MR) is 115 cm³/mol. The largest absolute Gasteiger partial charge is 0.320 e. The Kier molecular flexibility index (Phi) is 5.50. The maximum absolute atomic E-state index is 14.5. The quantitative estimate of drug-likeness (QED) is 0.289. The first-order valence-corrected chi connectivity index (χ1v) is 10.5. The molecule has 1 aromatic carbocycles. The van der Waals surface area contributed by atoms with E-state index in [2.05, 4.69) is 32.0 Å². The van der Waals surface area contributed by atoms with Gasteiger partial charge >= 0.3 is 0 Å². The van der Waals surface area contributed by atoms with Crippen molar-refractivity contribution in [1.82, 2.24) is 24.6 Å². The van der Waals surface area contributed by atoms with E-state index < -0.39 is 36.4 Å². The van der Waals surface area contributed by atoms with Crippen LogP contribution in [0.3, 0.4) is 0 Å². The highest BCUT2D eigenvalue weighted by Gasteiger charge is 2.50. The standard InChI is InChI=1S/C23H16F6N6/c1-12-32-33-22-31-20(17-9-15(25)10-30-19(17)35(12)22)34(11-18(26)27)16-7-13(6-14(24)8-16)2-3-23(4-5-23)21(28)29/h6-10,18,21H,4-5,11H2,1H3. The Morgan fingerprint density at radius 2 is 1.83 bits per heavy atom. The van der Waals surface area contributed by atoms with Crippen molar-refractivity contribution in [3.05, 3.63) is 53.5 Å². The first-order valence-electron chi connectivity index (χ1n) is 10.5. The van der Waals surface area contributed by atoms with Gasteiger partial charge in [-0.1, -0.05) is 11.8 Å². The molecule has 0 aliphatic heterocycles. The third kappa shape index (κ3) is 4.22. The number of hydrogen-bond acceptors (Lipinski definition) is 5. The number of aryl methyl sites for hydroxylation is 1. The van der Waals surface area contributed by atoms with Gasteiger partial charge < -0.3 is 4.90 Å². The van der Waals surface area contributed by atoms with E-state index in [0.29, 0.717) is 5.82 Å². The van der Waals surface area contributed by atoms with Crippen molar-refractivity contribution < 1.29 is 26.3 Å². The fourth-order valence-electron chi connectivity index (χ4n) is 3.79. The topological polar surface area (TPSA) is 59.2 Å². The summed E-state index contributed by atoms with van der Waals surface area (Å²) in [5.41, 5.74) is -1.31. The van der Waals surface area contributed by atoms with Crippen molar-refractivity contribution in [3.63, 3.8) is 0 Å². The Morgan fingerprint density at radius 3 is 2.51 bits per heavy atom. The lowest BCUT2D eigenvalue weighted by atomic mass is 10.1.